The van der Waals surface area contributed by atoms with Gasteiger partial charge in [0.05, 0.1) is 35.0 Å². The molecule has 0 saturated carbocycles. The third-order valence-electron chi connectivity index (χ3n) is 5.40. The summed E-state index contributed by atoms with van der Waals surface area (Å²) in [5.41, 5.74) is 4.32. The molecule has 6 nitrogen and oxygen atoms in total. The van der Waals surface area contributed by atoms with Crippen LogP contribution in [-0.2, 0) is 0 Å². The second kappa shape index (κ2) is 7.91. The Kier molecular flexibility index (Phi) is 5.51. The number of ether oxygens (including phenoxy) is 1. The van der Waals surface area contributed by atoms with Crippen molar-refractivity contribution in [2.45, 2.75) is 32.6 Å². The molecule has 0 bridgehead atoms. The van der Waals surface area contributed by atoms with E-state index in [1.807, 2.05) is 29.8 Å². The number of methoxy groups -OCH3 is 1. The second-order valence-corrected chi connectivity index (χ2v) is 8.77. The Morgan fingerprint density at radius 2 is 1.93 bits per heavy atom. The van der Waals surface area contributed by atoms with Gasteiger partial charge in [-0.3, -0.25) is 0 Å². The fraction of sp³-hybridized carbons (Fsp3) is 0.400. The Labute approximate surface area is 181 Å². The Balaban J connectivity index is 1.65. The summed E-state index contributed by atoms with van der Waals surface area (Å²) in [6, 6.07) is 5.94. The number of nitrogens with one attached hydrogen (secondary N) is 1. The molecule has 1 N–H and O–H groups in total. The van der Waals surface area contributed by atoms with Crippen LogP contribution in [0, 0.1) is 13.8 Å². The molecular weight excluding hydrogens is 486 g/mol. The number of nitrogens with zero attached hydrogens (tertiary/aromatic N) is 4. The lowest BCUT2D eigenvalue weighted by molar-refractivity contribution is 0.414. The van der Waals surface area contributed by atoms with Crippen LogP contribution in [0.15, 0.2) is 33.5 Å². The number of rotatable bonds is 4. The molecule has 1 aliphatic heterocycles. The highest BCUT2D eigenvalue weighted by Gasteiger charge is 2.28. The first kappa shape index (κ1) is 19.5. The van der Waals surface area contributed by atoms with E-state index in [9.17, 15) is 0 Å². The number of hydrogen-bond acceptors (Lipinski definition) is 4. The van der Waals surface area contributed by atoms with Crippen LogP contribution < -0.4 is 9.64 Å². The molecule has 1 aliphatic rings. The van der Waals surface area contributed by atoms with Gasteiger partial charge in [0, 0.05) is 35.2 Å². The van der Waals surface area contributed by atoms with Gasteiger partial charge in [-0.15, -0.1) is 0 Å². The predicted octanol–water partition coefficient (Wildman–Crippen LogP) is 5.13. The first-order chi connectivity index (χ1) is 13.5. The second-order valence-electron chi connectivity index (χ2n) is 7.13. The highest BCUT2D eigenvalue weighted by atomic mass is 79.9. The lowest BCUT2D eigenvalue weighted by Crippen LogP contribution is -2.34. The first-order valence-corrected chi connectivity index (χ1v) is 10.9. The Bertz CT molecular complexity index is 989. The molecule has 0 amide bonds. The number of anilines is 1. The molecule has 8 heteroatoms. The lowest BCUT2D eigenvalue weighted by atomic mass is 9.92. The van der Waals surface area contributed by atoms with E-state index in [4.69, 9.17) is 9.84 Å². The van der Waals surface area contributed by atoms with Gasteiger partial charge >= 0.3 is 0 Å². The zero-order chi connectivity index (χ0) is 19.8. The highest BCUT2D eigenvalue weighted by Crippen LogP contribution is 2.38. The molecule has 3 aromatic rings. The van der Waals surface area contributed by atoms with Crippen molar-refractivity contribution in [3.63, 3.8) is 0 Å². The quantitative estimate of drug-likeness (QED) is 0.530. The summed E-state index contributed by atoms with van der Waals surface area (Å²) in [7, 11) is 1.68. The number of halogens is 2. The van der Waals surface area contributed by atoms with Crippen molar-refractivity contribution in [3.05, 3.63) is 50.6 Å². The summed E-state index contributed by atoms with van der Waals surface area (Å²) < 4.78 is 9.45. The first-order valence-electron chi connectivity index (χ1n) is 9.33. The molecule has 4 rings (SSSR count). The minimum atomic E-state index is 0.502. The van der Waals surface area contributed by atoms with Crippen molar-refractivity contribution in [1.29, 1.82) is 0 Å². The number of hydrogen-bond donors (Lipinski definition) is 1. The molecule has 0 spiro atoms. The number of H-pyrrole nitrogens is 1. The molecule has 3 heterocycles. The number of benzene rings is 1. The van der Waals surface area contributed by atoms with E-state index in [2.05, 4.69) is 53.7 Å². The number of aromatic amines is 1. The summed E-state index contributed by atoms with van der Waals surface area (Å²) in [4.78, 5) is 10.2. The van der Waals surface area contributed by atoms with E-state index < -0.39 is 0 Å². The van der Waals surface area contributed by atoms with Crippen LogP contribution in [0.4, 0.5) is 5.82 Å². The maximum atomic E-state index is 5.42. The number of imidazole rings is 1. The normalized spacial score (nSPS) is 15.2. The molecule has 1 saturated heterocycles. The molecule has 0 unspecified atom stereocenters. The summed E-state index contributed by atoms with van der Waals surface area (Å²) in [6.45, 7) is 6.05. The molecule has 28 heavy (non-hydrogen) atoms. The van der Waals surface area contributed by atoms with Crippen LogP contribution in [0.1, 0.15) is 35.8 Å². The van der Waals surface area contributed by atoms with E-state index in [0.717, 1.165) is 57.8 Å². The standard InChI is InChI=1S/C20H23Br2N5O/c1-12-18(22)20(27(25-12)17-10-15(28-3)4-5-16(17)21)26-8-6-14(7-9-26)19-13(2)23-11-24-19/h4-5,10-11,14H,6-9H2,1-3H3,(H,23,24). The van der Waals surface area contributed by atoms with Crippen LogP contribution in [0.5, 0.6) is 5.75 Å². The predicted molar refractivity (Wildman–Crippen MR) is 118 cm³/mol. The third-order valence-corrected chi connectivity index (χ3v) is 7.00. The van der Waals surface area contributed by atoms with Gasteiger partial charge in [-0.25, -0.2) is 9.67 Å². The van der Waals surface area contributed by atoms with E-state index >= 15 is 0 Å². The number of aryl methyl sites for hydroxylation is 2. The van der Waals surface area contributed by atoms with Crippen molar-refractivity contribution in [3.8, 4) is 11.4 Å². The van der Waals surface area contributed by atoms with Crippen molar-refractivity contribution in [1.82, 2.24) is 19.7 Å². The lowest BCUT2D eigenvalue weighted by Gasteiger charge is -2.33. The van der Waals surface area contributed by atoms with Gasteiger partial charge in [-0.1, -0.05) is 0 Å². The molecule has 1 aromatic carbocycles. The monoisotopic (exact) mass is 507 g/mol. The zero-order valence-electron chi connectivity index (χ0n) is 16.2. The van der Waals surface area contributed by atoms with E-state index in [1.165, 1.54) is 11.4 Å². The van der Waals surface area contributed by atoms with Gasteiger partial charge in [0.2, 0.25) is 0 Å². The molecule has 0 atom stereocenters. The van der Waals surface area contributed by atoms with Crippen molar-refractivity contribution in [2.75, 3.05) is 25.1 Å². The van der Waals surface area contributed by atoms with Gasteiger partial charge in [-0.2, -0.15) is 5.10 Å². The average molecular weight is 509 g/mol. The fourth-order valence-electron chi connectivity index (χ4n) is 3.86. The fourth-order valence-corrected chi connectivity index (χ4v) is 4.78. The summed E-state index contributed by atoms with van der Waals surface area (Å²) in [5.74, 6) is 2.40. The molecule has 0 aliphatic carbocycles. The van der Waals surface area contributed by atoms with E-state index in [0.29, 0.717) is 5.92 Å². The van der Waals surface area contributed by atoms with Gasteiger partial charge in [0.15, 0.2) is 0 Å². The Hall–Kier alpha value is -1.80. The van der Waals surface area contributed by atoms with Gasteiger partial charge < -0.3 is 14.6 Å². The maximum Gasteiger partial charge on any atom is 0.147 e. The van der Waals surface area contributed by atoms with E-state index in [1.54, 1.807) is 13.4 Å². The summed E-state index contributed by atoms with van der Waals surface area (Å²) in [5, 5.41) is 4.80. The van der Waals surface area contributed by atoms with E-state index in [-0.39, 0.29) is 0 Å². The van der Waals surface area contributed by atoms with Crippen LogP contribution in [-0.4, -0.2) is 39.9 Å². The Morgan fingerprint density at radius 3 is 2.57 bits per heavy atom. The van der Waals surface area contributed by atoms with Gasteiger partial charge in [-0.05, 0) is 70.7 Å². The molecule has 2 aromatic heterocycles. The highest BCUT2D eigenvalue weighted by molar-refractivity contribution is 9.11. The topological polar surface area (TPSA) is 59.0 Å². The average Bonchev–Trinajstić information content (AvgIpc) is 3.26. The van der Waals surface area contributed by atoms with Crippen LogP contribution >= 0.6 is 31.9 Å². The summed E-state index contributed by atoms with van der Waals surface area (Å²) >= 11 is 7.44. The Morgan fingerprint density at radius 1 is 1.18 bits per heavy atom. The number of aromatic nitrogens is 4. The SMILES string of the molecule is COc1ccc(Br)c(-n2nc(C)c(Br)c2N2CCC(c3nc[nH]c3C)CC2)c1. The minimum Gasteiger partial charge on any atom is -0.497 e. The minimum absolute atomic E-state index is 0.502. The molecule has 0 radical (unpaired) electrons. The zero-order valence-corrected chi connectivity index (χ0v) is 19.3. The van der Waals surface area contributed by atoms with Gasteiger partial charge in [0.25, 0.3) is 0 Å². The van der Waals surface area contributed by atoms with Crippen molar-refractivity contribution in [2.24, 2.45) is 0 Å². The largest absolute Gasteiger partial charge is 0.497 e. The third kappa shape index (κ3) is 3.48. The molecular formula is C20H23Br2N5O. The summed E-state index contributed by atoms with van der Waals surface area (Å²) in [6.07, 6.45) is 3.94. The van der Waals surface area contributed by atoms with Crippen LogP contribution in [0.25, 0.3) is 5.69 Å². The number of piperidine rings is 1. The smallest absolute Gasteiger partial charge is 0.147 e. The van der Waals surface area contributed by atoms with Crippen molar-refractivity contribution >= 4 is 37.7 Å². The maximum absolute atomic E-state index is 5.42. The van der Waals surface area contributed by atoms with Gasteiger partial charge in [0.1, 0.15) is 11.6 Å². The van der Waals surface area contributed by atoms with Crippen LogP contribution in [0.2, 0.25) is 0 Å². The molecule has 148 valence electrons. The van der Waals surface area contributed by atoms with Crippen molar-refractivity contribution < 1.29 is 4.74 Å². The van der Waals surface area contributed by atoms with Crippen LogP contribution in [0.3, 0.4) is 0 Å². The molecule has 1 fully saturated rings.